The minimum Gasteiger partial charge on any atom is -0.465 e. The zero-order valence-corrected chi connectivity index (χ0v) is 12.9. The van der Waals surface area contributed by atoms with Crippen LogP contribution >= 0.6 is 0 Å². The SMILES string of the molecule is CCCCCCCCCCCOC(=O)C(C)(C)C. The van der Waals surface area contributed by atoms with E-state index in [9.17, 15) is 4.79 Å². The molecule has 18 heavy (non-hydrogen) atoms. The highest BCUT2D eigenvalue weighted by Crippen LogP contribution is 2.15. The van der Waals surface area contributed by atoms with Crippen LogP contribution in [0.3, 0.4) is 0 Å². The number of carbonyl (C=O) groups is 1. The molecule has 0 aromatic heterocycles. The Bertz CT molecular complexity index is 204. The summed E-state index contributed by atoms with van der Waals surface area (Å²) < 4.78 is 5.23. The molecule has 0 saturated carbocycles. The van der Waals surface area contributed by atoms with Gasteiger partial charge in [-0.05, 0) is 27.2 Å². The lowest BCUT2D eigenvalue weighted by molar-refractivity contribution is -0.153. The van der Waals surface area contributed by atoms with Crippen molar-refractivity contribution in [2.45, 2.75) is 85.5 Å². The first-order valence-corrected chi connectivity index (χ1v) is 7.65. The van der Waals surface area contributed by atoms with Crippen LogP contribution in [0.25, 0.3) is 0 Å². The van der Waals surface area contributed by atoms with Gasteiger partial charge in [0.1, 0.15) is 0 Å². The predicted octanol–water partition coefficient (Wildman–Crippen LogP) is 5.11. The van der Waals surface area contributed by atoms with Crippen LogP contribution in [0.1, 0.15) is 85.5 Å². The Labute approximate surface area is 113 Å². The Kier molecular flexibility index (Phi) is 10.1. The van der Waals surface area contributed by atoms with Crippen molar-refractivity contribution in [3.63, 3.8) is 0 Å². The van der Waals surface area contributed by atoms with Gasteiger partial charge in [-0.25, -0.2) is 0 Å². The van der Waals surface area contributed by atoms with Gasteiger partial charge in [0, 0.05) is 0 Å². The van der Waals surface area contributed by atoms with Gasteiger partial charge in [-0.3, -0.25) is 4.79 Å². The maximum atomic E-state index is 11.5. The molecule has 0 atom stereocenters. The third kappa shape index (κ3) is 10.6. The molecule has 0 heterocycles. The van der Waals surface area contributed by atoms with Gasteiger partial charge in [0.2, 0.25) is 0 Å². The minimum atomic E-state index is -0.362. The Morgan fingerprint density at radius 2 is 1.28 bits per heavy atom. The van der Waals surface area contributed by atoms with Crippen LogP contribution in [0.15, 0.2) is 0 Å². The summed E-state index contributed by atoms with van der Waals surface area (Å²) in [6.07, 6.45) is 11.6. The van der Waals surface area contributed by atoms with Gasteiger partial charge in [0.25, 0.3) is 0 Å². The quantitative estimate of drug-likeness (QED) is 0.401. The van der Waals surface area contributed by atoms with Gasteiger partial charge in [-0.15, -0.1) is 0 Å². The molecule has 108 valence electrons. The third-order valence-electron chi connectivity index (χ3n) is 3.09. The van der Waals surface area contributed by atoms with E-state index in [-0.39, 0.29) is 11.4 Å². The summed E-state index contributed by atoms with van der Waals surface area (Å²) >= 11 is 0. The lowest BCUT2D eigenvalue weighted by Crippen LogP contribution is -2.23. The average molecular weight is 256 g/mol. The molecule has 0 N–H and O–H groups in total. The molecule has 0 rings (SSSR count). The summed E-state index contributed by atoms with van der Waals surface area (Å²) in [5, 5.41) is 0. The summed E-state index contributed by atoms with van der Waals surface area (Å²) in [6, 6.07) is 0. The predicted molar refractivity (Wildman–Crippen MR) is 77.6 cm³/mol. The molecule has 2 heteroatoms. The lowest BCUT2D eigenvalue weighted by Gasteiger charge is -2.16. The second kappa shape index (κ2) is 10.4. The van der Waals surface area contributed by atoms with Crippen molar-refractivity contribution in [1.29, 1.82) is 0 Å². The van der Waals surface area contributed by atoms with E-state index in [1.807, 2.05) is 20.8 Å². The molecule has 0 saturated heterocycles. The number of esters is 1. The minimum absolute atomic E-state index is 0.0814. The zero-order valence-electron chi connectivity index (χ0n) is 12.9. The van der Waals surface area contributed by atoms with Crippen molar-refractivity contribution in [3.05, 3.63) is 0 Å². The fourth-order valence-electron chi connectivity index (χ4n) is 1.79. The van der Waals surface area contributed by atoms with Gasteiger partial charge < -0.3 is 4.74 Å². The summed E-state index contributed by atoms with van der Waals surface area (Å²) in [7, 11) is 0. The van der Waals surface area contributed by atoms with Crippen LogP contribution < -0.4 is 0 Å². The summed E-state index contributed by atoms with van der Waals surface area (Å²) in [4.78, 5) is 11.5. The van der Waals surface area contributed by atoms with Crippen molar-refractivity contribution in [2.75, 3.05) is 6.61 Å². The van der Waals surface area contributed by atoms with Crippen molar-refractivity contribution in [1.82, 2.24) is 0 Å². The van der Waals surface area contributed by atoms with Crippen LogP contribution in [-0.4, -0.2) is 12.6 Å². The molecule has 0 aliphatic carbocycles. The third-order valence-corrected chi connectivity index (χ3v) is 3.09. The number of hydrogen-bond donors (Lipinski definition) is 0. The molecule has 0 aliphatic rings. The highest BCUT2D eigenvalue weighted by molar-refractivity contribution is 5.75. The molecule has 0 aromatic carbocycles. The topological polar surface area (TPSA) is 26.3 Å². The van der Waals surface area contributed by atoms with E-state index in [4.69, 9.17) is 4.74 Å². The van der Waals surface area contributed by atoms with E-state index in [0.29, 0.717) is 6.61 Å². The number of unbranched alkanes of at least 4 members (excludes halogenated alkanes) is 8. The number of ether oxygens (including phenoxy) is 1. The molecule has 0 bridgehead atoms. The Morgan fingerprint density at radius 1 is 0.833 bits per heavy atom. The van der Waals surface area contributed by atoms with Crippen molar-refractivity contribution in [2.24, 2.45) is 5.41 Å². The molecular formula is C16H32O2. The first-order chi connectivity index (χ1) is 8.48. The van der Waals surface area contributed by atoms with Crippen LogP contribution in [0.2, 0.25) is 0 Å². The molecule has 0 unspecified atom stereocenters. The van der Waals surface area contributed by atoms with Gasteiger partial charge in [-0.1, -0.05) is 58.3 Å². The summed E-state index contributed by atoms with van der Waals surface area (Å²) in [5.74, 6) is -0.0814. The van der Waals surface area contributed by atoms with Crippen molar-refractivity contribution >= 4 is 5.97 Å². The summed E-state index contributed by atoms with van der Waals surface area (Å²) in [6.45, 7) is 8.52. The lowest BCUT2D eigenvalue weighted by atomic mass is 9.97. The Morgan fingerprint density at radius 3 is 1.72 bits per heavy atom. The van der Waals surface area contributed by atoms with E-state index in [1.54, 1.807) is 0 Å². The standard InChI is InChI=1S/C16H32O2/c1-5-6-7-8-9-10-11-12-13-14-18-15(17)16(2,3)4/h5-14H2,1-4H3. The zero-order chi connectivity index (χ0) is 13.9. The van der Waals surface area contributed by atoms with Crippen LogP contribution in [0.4, 0.5) is 0 Å². The van der Waals surface area contributed by atoms with Gasteiger partial charge in [-0.2, -0.15) is 0 Å². The van der Waals surface area contributed by atoms with Gasteiger partial charge >= 0.3 is 5.97 Å². The molecule has 2 nitrogen and oxygen atoms in total. The number of rotatable bonds is 10. The molecule has 0 spiro atoms. The van der Waals surface area contributed by atoms with Crippen LogP contribution in [-0.2, 0) is 9.53 Å². The van der Waals surface area contributed by atoms with E-state index >= 15 is 0 Å². The molecular weight excluding hydrogens is 224 g/mol. The Balaban J connectivity index is 3.19. The maximum Gasteiger partial charge on any atom is 0.311 e. The largest absolute Gasteiger partial charge is 0.465 e. The molecule has 0 aliphatic heterocycles. The van der Waals surface area contributed by atoms with Gasteiger partial charge in [0.15, 0.2) is 0 Å². The highest BCUT2D eigenvalue weighted by atomic mass is 16.5. The normalized spacial score (nSPS) is 11.6. The van der Waals surface area contributed by atoms with E-state index in [2.05, 4.69) is 6.92 Å². The molecule has 0 fully saturated rings. The Hall–Kier alpha value is -0.530. The average Bonchev–Trinajstić information content (AvgIpc) is 2.30. The molecule has 0 aromatic rings. The second-order valence-electron chi connectivity index (χ2n) is 6.21. The fourth-order valence-corrected chi connectivity index (χ4v) is 1.79. The van der Waals surface area contributed by atoms with Crippen molar-refractivity contribution < 1.29 is 9.53 Å². The van der Waals surface area contributed by atoms with Crippen LogP contribution in [0, 0.1) is 5.41 Å². The van der Waals surface area contributed by atoms with E-state index in [0.717, 1.165) is 6.42 Å². The first-order valence-electron chi connectivity index (χ1n) is 7.65. The number of carbonyl (C=O) groups excluding carboxylic acids is 1. The molecule has 0 radical (unpaired) electrons. The molecule has 0 amide bonds. The van der Waals surface area contributed by atoms with Crippen molar-refractivity contribution in [3.8, 4) is 0 Å². The van der Waals surface area contributed by atoms with Gasteiger partial charge in [0.05, 0.1) is 12.0 Å². The van der Waals surface area contributed by atoms with Crippen LogP contribution in [0.5, 0.6) is 0 Å². The smallest absolute Gasteiger partial charge is 0.311 e. The van der Waals surface area contributed by atoms with E-state index in [1.165, 1.54) is 51.4 Å². The maximum absolute atomic E-state index is 11.5. The number of hydrogen-bond acceptors (Lipinski definition) is 2. The second-order valence-corrected chi connectivity index (χ2v) is 6.21. The van der Waals surface area contributed by atoms with E-state index < -0.39 is 0 Å². The first kappa shape index (κ1) is 17.5. The fraction of sp³-hybridized carbons (Fsp3) is 0.938. The summed E-state index contributed by atoms with van der Waals surface area (Å²) in [5.41, 5.74) is -0.362. The monoisotopic (exact) mass is 256 g/mol. The highest BCUT2D eigenvalue weighted by Gasteiger charge is 2.22.